The van der Waals surface area contributed by atoms with Gasteiger partial charge in [0.15, 0.2) is 0 Å². The van der Waals surface area contributed by atoms with Gasteiger partial charge in [0.25, 0.3) is 0 Å². The van der Waals surface area contributed by atoms with Gasteiger partial charge in [0.2, 0.25) is 10.0 Å². The molecule has 0 aromatic heterocycles. The molecule has 0 saturated heterocycles. The molecule has 0 saturated carbocycles. The number of sulfonamides is 1. The average Bonchev–Trinajstić information content (AvgIpc) is 2.35. The van der Waals surface area contributed by atoms with Crippen LogP contribution in [-0.4, -0.2) is 34.5 Å². The lowest BCUT2D eigenvalue weighted by Crippen LogP contribution is -2.44. The Morgan fingerprint density at radius 2 is 1.84 bits per heavy atom. The quantitative estimate of drug-likeness (QED) is 0.584. The number of ether oxygens (including phenoxy) is 2. The molecule has 0 amide bonds. The third-order valence-corrected chi connectivity index (χ3v) is 4.25. The highest BCUT2D eigenvalue weighted by atomic mass is 32.2. The summed E-state index contributed by atoms with van der Waals surface area (Å²) in [6.45, 7) is 4.28. The van der Waals surface area contributed by atoms with E-state index in [0.717, 1.165) is 0 Å². The summed E-state index contributed by atoms with van der Waals surface area (Å²) >= 11 is 0. The van der Waals surface area contributed by atoms with E-state index in [4.69, 9.17) is 9.47 Å². The summed E-state index contributed by atoms with van der Waals surface area (Å²) in [5, 5.41) is 0. The molecule has 0 heterocycles. The topological polar surface area (TPSA) is 64.6 Å². The molecule has 0 bridgehead atoms. The minimum Gasteiger partial charge on any atom is -0.359 e. The lowest BCUT2D eigenvalue weighted by Gasteiger charge is -2.25. The summed E-state index contributed by atoms with van der Waals surface area (Å²) in [7, 11) is -1.95. The third kappa shape index (κ3) is 5.69. The summed E-state index contributed by atoms with van der Waals surface area (Å²) in [6, 6.07) is 8.31. The number of benzene rings is 1. The van der Waals surface area contributed by atoms with Gasteiger partial charge in [0, 0.05) is 12.6 Å². The molecule has 0 unspecified atom stereocenters. The molecule has 0 fully saturated rings. The maximum absolute atomic E-state index is 12.2. The van der Waals surface area contributed by atoms with Crippen LogP contribution in [-0.2, 0) is 19.5 Å². The number of rotatable bonds is 8. The summed E-state index contributed by atoms with van der Waals surface area (Å²) < 4.78 is 36.9. The van der Waals surface area contributed by atoms with E-state index in [1.54, 1.807) is 37.4 Å². The van der Waals surface area contributed by atoms with Crippen LogP contribution in [0, 0.1) is 0 Å². The van der Waals surface area contributed by atoms with E-state index in [9.17, 15) is 8.42 Å². The van der Waals surface area contributed by atoms with Gasteiger partial charge in [-0.2, -0.15) is 0 Å². The molecular formula is C13H21NO4S. The van der Waals surface area contributed by atoms with E-state index >= 15 is 0 Å². The van der Waals surface area contributed by atoms with Gasteiger partial charge in [-0.05, 0) is 32.4 Å². The van der Waals surface area contributed by atoms with Crippen LogP contribution >= 0.6 is 0 Å². The van der Waals surface area contributed by atoms with Crippen molar-refractivity contribution in [3.8, 4) is 0 Å². The first-order valence-corrected chi connectivity index (χ1v) is 7.51. The van der Waals surface area contributed by atoms with E-state index in [0.29, 0.717) is 13.0 Å². The van der Waals surface area contributed by atoms with Crippen LogP contribution < -0.4 is 4.72 Å². The number of hydrogen-bond donors (Lipinski definition) is 1. The highest BCUT2D eigenvalue weighted by Gasteiger charge is 2.25. The third-order valence-electron chi connectivity index (χ3n) is 2.54. The van der Waals surface area contributed by atoms with E-state index < -0.39 is 15.6 Å². The van der Waals surface area contributed by atoms with Gasteiger partial charge in [-0.3, -0.25) is 0 Å². The second-order valence-corrected chi connectivity index (χ2v) is 6.55. The van der Waals surface area contributed by atoms with Crippen LogP contribution in [0.3, 0.4) is 0 Å². The predicted molar refractivity (Wildman–Crippen MR) is 73.3 cm³/mol. The fourth-order valence-electron chi connectivity index (χ4n) is 1.54. The first-order valence-electron chi connectivity index (χ1n) is 6.03. The van der Waals surface area contributed by atoms with Crippen molar-refractivity contribution in [1.82, 2.24) is 4.72 Å². The molecule has 108 valence electrons. The van der Waals surface area contributed by atoms with Gasteiger partial charge in [-0.15, -0.1) is 0 Å². The van der Waals surface area contributed by atoms with E-state index in [-0.39, 0.29) is 11.7 Å². The number of methoxy groups -OCH3 is 1. The summed E-state index contributed by atoms with van der Waals surface area (Å²) in [4.78, 5) is 0.265. The molecule has 0 atom stereocenters. The Hall–Kier alpha value is -0.950. The van der Waals surface area contributed by atoms with Gasteiger partial charge in [0.05, 0.1) is 11.5 Å². The monoisotopic (exact) mass is 287 g/mol. The zero-order valence-electron chi connectivity index (χ0n) is 11.5. The van der Waals surface area contributed by atoms with Crippen molar-refractivity contribution in [1.29, 1.82) is 0 Å². The smallest absolute Gasteiger partial charge is 0.241 e. The van der Waals surface area contributed by atoms with Crippen molar-refractivity contribution in [3.05, 3.63) is 30.3 Å². The van der Waals surface area contributed by atoms with E-state index in [2.05, 4.69) is 4.72 Å². The second kappa shape index (κ2) is 7.00. The minimum absolute atomic E-state index is 0.210. The largest absolute Gasteiger partial charge is 0.359 e. The van der Waals surface area contributed by atoms with Crippen molar-refractivity contribution < 1.29 is 17.9 Å². The molecule has 0 aliphatic rings. The standard InChI is InChI=1S/C13H21NO4S/c1-13(2,9-10-18-11-17-3)14-19(15,16)12-7-5-4-6-8-12/h4-8,14H,9-11H2,1-3H3. The maximum atomic E-state index is 12.2. The molecule has 0 aliphatic heterocycles. The Morgan fingerprint density at radius 1 is 1.21 bits per heavy atom. The van der Waals surface area contributed by atoms with E-state index in [1.165, 1.54) is 0 Å². The Balaban J connectivity index is 2.61. The zero-order valence-corrected chi connectivity index (χ0v) is 12.4. The lowest BCUT2D eigenvalue weighted by molar-refractivity contribution is -0.0350. The molecular weight excluding hydrogens is 266 g/mol. The van der Waals surface area contributed by atoms with Crippen LogP contribution in [0.4, 0.5) is 0 Å². The first kappa shape index (κ1) is 16.1. The van der Waals surface area contributed by atoms with Gasteiger partial charge in [-0.1, -0.05) is 18.2 Å². The highest BCUT2D eigenvalue weighted by Crippen LogP contribution is 2.15. The number of nitrogens with one attached hydrogen (secondary N) is 1. The molecule has 19 heavy (non-hydrogen) atoms. The van der Waals surface area contributed by atoms with E-state index in [1.807, 2.05) is 13.8 Å². The Bertz CT molecular complexity index is 471. The molecule has 1 aromatic rings. The predicted octanol–water partition coefficient (Wildman–Crippen LogP) is 1.75. The summed E-state index contributed by atoms with van der Waals surface area (Å²) in [5.74, 6) is 0. The van der Waals surface area contributed by atoms with Crippen molar-refractivity contribution in [3.63, 3.8) is 0 Å². The fraction of sp³-hybridized carbons (Fsp3) is 0.538. The Kier molecular flexibility index (Phi) is 5.93. The molecule has 0 spiro atoms. The molecule has 1 N–H and O–H groups in total. The highest BCUT2D eigenvalue weighted by molar-refractivity contribution is 7.89. The molecule has 0 aliphatic carbocycles. The first-order chi connectivity index (χ1) is 8.87. The van der Waals surface area contributed by atoms with Crippen molar-refractivity contribution in [2.75, 3.05) is 20.5 Å². The van der Waals surface area contributed by atoms with Crippen LogP contribution in [0.5, 0.6) is 0 Å². The molecule has 6 heteroatoms. The zero-order chi connectivity index (χ0) is 14.4. The van der Waals surface area contributed by atoms with Crippen LogP contribution in [0.2, 0.25) is 0 Å². The van der Waals surface area contributed by atoms with Crippen LogP contribution in [0.25, 0.3) is 0 Å². The normalized spacial score (nSPS) is 12.6. The van der Waals surface area contributed by atoms with Crippen molar-refractivity contribution in [2.24, 2.45) is 0 Å². The van der Waals surface area contributed by atoms with Gasteiger partial charge in [-0.25, -0.2) is 13.1 Å². The fourth-order valence-corrected chi connectivity index (χ4v) is 3.01. The SMILES string of the molecule is COCOCCC(C)(C)NS(=O)(=O)c1ccccc1. The van der Waals surface area contributed by atoms with Crippen molar-refractivity contribution >= 4 is 10.0 Å². The lowest BCUT2D eigenvalue weighted by atomic mass is 10.0. The van der Waals surface area contributed by atoms with Gasteiger partial charge < -0.3 is 9.47 Å². The maximum Gasteiger partial charge on any atom is 0.241 e. The van der Waals surface area contributed by atoms with Crippen LogP contribution in [0.1, 0.15) is 20.3 Å². The molecule has 0 radical (unpaired) electrons. The van der Waals surface area contributed by atoms with Gasteiger partial charge in [0.1, 0.15) is 6.79 Å². The van der Waals surface area contributed by atoms with Crippen molar-refractivity contribution in [2.45, 2.75) is 30.7 Å². The second-order valence-electron chi connectivity index (χ2n) is 4.87. The number of hydrogen-bond acceptors (Lipinski definition) is 4. The minimum atomic E-state index is -3.50. The Morgan fingerprint density at radius 3 is 2.42 bits per heavy atom. The molecule has 5 nitrogen and oxygen atoms in total. The molecule has 1 aromatic carbocycles. The van der Waals surface area contributed by atoms with Gasteiger partial charge >= 0.3 is 0 Å². The Labute approximate surface area is 115 Å². The average molecular weight is 287 g/mol. The molecule has 1 rings (SSSR count). The van der Waals surface area contributed by atoms with Crippen LogP contribution in [0.15, 0.2) is 35.2 Å². The summed E-state index contributed by atoms with van der Waals surface area (Å²) in [5.41, 5.74) is -0.581. The summed E-state index contributed by atoms with van der Waals surface area (Å²) in [6.07, 6.45) is 0.558.